The van der Waals surface area contributed by atoms with Gasteiger partial charge in [0.05, 0.1) is 12.6 Å². The number of para-hydroxylation sites is 1. The number of pyridine rings is 1. The highest BCUT2D eigenvalue weighted by Crippen LogP contribution is 2.24. The zero-order valence-electron chi connectivity index (χ0n) is 17.2. The van der Waals surface area contributed by atoms with Gasteiger partial charge in [-0.3, -0.25) is 4.79 Å². The molecule has 0 aliphatic carbocycles. The summed E-state index contributed by atoms with van der Waals surface area (Å²) in [5.41, 5.74) is 4.55. The summed E-state index contributed by atoms with van der Waals surface area (Å²) in [6.45, 7) is 2.83. The predicted molar refractivity (Wildman–Crippen MR) is 112 cm³/mol. The first-order valence-corrected chi connectivity index (χ1v) is 9.59. The Morgan fingerprint density at radius 1 is 1.10 bits per heavy atom. The Morgan fingerprint density at radius 2 is 1.90 bits per heavy atom. The van der Waals surface area contributed by atoms with E-state index in [-0.39, 0.29) is 12.5 Å². The number of amides is 1. The van der Waals surface area contributed by atoms with Crippen LogP contribution in [0.25, 0.3) is 16.6 Å². The minimum absolute atomic E-state index is 0.00404. The van der Waals surface area contributed by atoms with Crippen LogP contribution in [0, 0.1) is 6.92 Å². The van der Waals surface area contributed by atoms with Crippen LogP contribution >= 0.6 is 0 Å². The molecule has 30 heavy (non-hydrogen) atoms. The normalized spacial score (nSPS) is 11.2. The number of hydrogen-bond donors (Lipinski definition) is 0. The molecule has 4 rings (SSSR count). The molecule has 0 fully saturated rings. The Kier molecular flexibility index (Phi) is 5.58. The minimum atomic E-state index is -0.108. The van der Waals surface area contributed by atoms with E-state index in [2.05, 4.69) is 21.6 Å². The summed E-state index contributed by atoms with van der Waals surface area (Å²) in [6.07, 6.45) is 0. The third-order valence-electron chi connectivity index (χ3n) is 5.08. The molecule has 0 saturated heterocycles. The maximum atomic E-state index is 12.8. The zero-order chi connectivity index (χ0) is 21.1. The van der Waals surface area contributed by atoms with Gasteiger partial charge >= 0.3 is 0 Å². The fourth-order valence-electron chi connectivity index (χ4n) is 3.60. The Balaban J connectivity index is 1.72. The second kappa shape index (κ2) is 8.46. The molecule has 1 amide bonds. The molecule has 2 heterocycles. The first-order valence-electron chi connectivity index (χ1n) is 9.59. The summed E-state index contributed by atoms with van der Waals surface area (Å²) in [5, 5.41) is 13.3. The number of nitrogens with zero attached hydrogens (tertiary/aromatic N) is 5. The van der Waals surface area contributed by atoms with Gasteiger partial charge in [0.1, 0.15) is 12.4 Å². The van der Waals surface area contributed by atoms with Crippen molar-refractivity contribution in [2.45, 2.75) is 20.0 Å². The molecule has 0 saturated carbocycles. The van der Waals surface area contributed by atoms with Crippen molar-refractivity contribution in [3.05, 3.63) is 65.2 Å². The van der Waals surface area contributed by atoms with Crippen LogP contribution in [-0.2, 0) is 22.6 Å². The summed E-state index contributed by atoms with van der Waals surface area (Å²) in [6, 6.07) is 15.8. The lowest BCUT2D eigenvalue weighted by molar-refractivity contribution is -0.136. The van der Waals surface area contributed by atoms with Crippen LogP contribution < -0.4 is 4.74 Å². The molecule has 0 atom stereocenters. The number of aromatic nitrogens is 4. The molecule has 8 nitrogen and oxygen atoms in total. The topological polar surface area (TPSA) is 81.8 Å². The lowest BCUT2D eigenvalue weighted by Crippen LogP contribution is -2.33. The molecule has 4 aromatic rings. The summed E-state index contributed by atoms with van der Waals surface area (Å²) in [4.78, 5) is 14.5. The van der Waals surface area contributed by atoms with Crippen molar-refractivity contribution < 1.29 is 14.3 Å². The van der Waals surface area contributed by atoms with E-state index in [0.29, 0.717) is 18.7 Å². The molecule has 0 bridgehead atoms. The zero-order valence-corrected chi connectivity index (χ0v) is 17.2. The van der Waals surface area contributed by atoms with Gasteiger partial charge in [-0.05, 0) is 46.7 Å². The van der Waals surface area contributed by atoms with E-state index in [1.54, 1.807) is 16.5 Å². The van der Waals surface area contributed by atoms with Gasteiger partial charge in [0.2, 0.25) is 5.91 Å². The number of methoxy groups -OCH3 is 2. The second-order valence-electron chi connectivity index (χ2n) is 7.13. The third-order valence-corrected chi connectivity index (χ3v) is 5.08. The Hall–Kier alpha value is -3.52. The average molecular weight is 405 g/mol. The highest BCUT2D eigenvalue weighted by Gasteiger charge is 2.19. The van der Waals surface area contributed by atoms with Crippen molar-refractivity contribution in [2.75, 3.05) is 20.8 Å². The molecule has 0 spiro atoms. The summed E-state index contributed by atoms with van der Waals surface area (Å²) in [5.74, 6) is 0.665. The molecular weight excluding hydrogens is 382 g/mol. The van der Waals surface area contributed by atoms with E-state index in [4.69, 9.17) is 9.47 Å². The molecule has 8 heteroatoms. The molecule has 0 N–H and O–H groups in total. The van der Waals surface area contributed by atoms with E-state index in [9.17, 15) is 4.79 Å². The van der Waals surface area contributed by atoms with E-state index in [1.165, 1.54) is 7.11 Å². The molecule has 2 aromatic heterocycles. The van der Waals surface area contributed by atoms with E-state index in [0.717, 1.165) is 33.3 Å². The lowest BCUT2D eigenvalue weighted by atomic mass is 10.1. The van der Waals surface area contributed by atoms with Crippen molar-refractivity contribution in [2.24, 2.45) is 0 Å². The number of rotatable bonds is 7. The lowest BCUT2D eigenvalue weighted by Gasteiger charge is -2.23. The number of hydrogen-bond acceptors (Lipinski definition) is 6. The Labute approximate surface area is 174 Å². The van der Waals surface area contributed by atoms with Gasteiger partial charge in [-0.2, -0.15) is 4.52 Å². The summed E-state index contributed by atoms with van der Waals surface area (Å²) >= 11 is 0. The van der Waals surface area contributed by atoms with Crippen molar-refractivity contribution >= 4 is 22.5 Å². The highest BCUT2D eigenvalue weighted by molar-refractivity contribution is 5.86. The standard InChI is InChI=1S/C22H23N5O3/c1-15-5-4-6-17-11-18(22-23-24-25-27(22)21(15)17)13-26(20(28)14-29-2)12-16-7-9-19(30-3)10-8-16/h4-11H,12-14H2,1-3H3. The second-order valence-corrected chi connectivity index (χ2v) is 7.13. The first-order chi connectivity index (χ1) is 14.6. The van der Waals surface area contributed by atoms with Gasteiger partial charge in [0, 0.05) is 31.1 Å². The maximum Gasteiger partial charge on any atom is 0.249 e. The maximum absolute atomic E-state index is 12.8. The first kappa shape index (κ1) is 19.8. The number of fused-ring (bicyclic) bond motifs is 3. The third kappa shape index (κ3) is 3.81. The Morgan fingerprint density at radius 3 is 2.63 bits per heavy atom. The number of ether oxygens (including phenoxy) is 2. The van der Waals surface area contributed by atoms with Crippen molar-refractivity contribution in [1.29, 1.82) is 0 Å². The predicted octanol–water partition coefficient (Wildman–Crippen LogP) is 2.77. The van der Waals surface area contributed by atoms with E-state index in [1.807, 2.05) is 49.4 Å². The molecule has 0 unspecified atom stereocenters. The molecule has 0 aliphatic heterocycles. The van der Waals surface area contributed by atoms with Gasteiger partial charge in [0.25, 0.3) is 0 Å². The largest absolute Gasteiger partial charge is 0.497 e. The highest BCUT2D eigenvalue weighted by atomic mass is 16.5. The number of tetrazole rings is 1. The van der Waals surface area contributed by atoms with Crippen molar-refractivity contribution in [1.82, 2.24) is 24.9 Å². The Bertz CT molecular complexity index is 1190. The molecule has 2 aromatic carbocycles. The van der Waals surface area contributed by atoms with Gasteiger partial charge in [-0.15, -0.1) is 5.10 Å². The van der Waals surface area contributed by atoms with Crippen LogP contribution in [0.4, 0.5) is 0 Å². The van der Waals surface area contributed by atoms with Gasteiger partial charge in [-0.25, -0.2) is 0 Å². The van der Waals surface area contributed by atoms with Crippen LogP contribution in [0.2, 0.25) is 0 Å². The molecular formula is C22H23N5O3. The van der Waals surface area contributed by atoms with Crippen LogP contribution in [0.3, 0.4) is 0 Å². The average Bonchev–Trinajstić information content (AvgIpc) is 3.24. The number of carbonyl (C=O) groups is 1. The molecule has 0 radical (unpaired) electrons. The molecule has 154 valence electrons. The monoisotopic (exact) mass is 405 g/mol. The van der Waals surface area contributed by atoms with Crippen LogP contribution in [0.5, 0.6) is 5.75 Å². The summed E-state index contributed by atoms with van der Waals surface area (Å²) in [7, 11) is 3.14. The van der Waals surface area contributed by atoms with Crippen LogP contribution in [0.15, 0.2) is 48.5 Å². The number of benzene rings is 2. The fourth-order valence-corrected chi connectivity index (χ4v) is 3.60. The van der Waals surface area contributed by atoms with Gasteiger partial charge < -0.3 is 14.4 Å². The quantitative estimate of drug-likeness (QED) is 0.470. The fraction of sp³-hybridized carbons (Fsp3) is 0.273. The SMILES string of the molecule is COCC(=O)N(Cc1ccc(OC)cc1)Cc1cc2cccc(C)c2n2nnnc12. The van der Waals surface area contributed by atoms with Crippen LogP contribution in [0.1, 0.15) is 16.7 Å². The minimum Gasteiger partial charge on any atom is -0.497 e. The van der Waals surface area contributed by atoms with E-state index < -0.39 is 0 Å². The van der Waals surface area contributed by atoms with Crippen molar-refractivity contribution in [3.8, 4) is 5.75 Å². The molecule has 0 aliphatic rings. The van der Waals surface area contributed by atoms with Crippen molar-refractivity contribution in [3.63, 3.8) is 0 Å². The number of aryl methyl sites for hydroxylation is 1. The van der Waals surface area contributed by atoms with E-state index >= 15 is 0 Å². The smallest absolute Gasteiger partial charge is 0.249 e. The van der Waals surface area contributed by atoms with Crippen LogP contribution in [-0.4, -0.2) is 51.7 Å². The summed E-state index contributed by atoms with van der Waals surface area (Å²) < 4.78 is 12.1. The van der Waals surface area contributed by atoms with Gasteiger partial charge in [0.15, 0.2) is 5.65 Å². The van der Waals surface area contributed by atoms with Gasteiger partial charge in [-0.1, -0.05) is 30.3 Å². The number of carbonyl (C=O) groups excluding carboxylic acids is 1.